The van der Waals surface area contributed by atoms with Crippen molar-refractivity contribution in [1.82, 2.24) is 4.98 Å². The quantitative estimate of drug-likeness (QED) is 0.271. The number of nitrogens with one attached hydrogen (secondary N) is 1. The van der Waals surface area contributed by atoms with Gasteiger partial charge in [-0.3, -0.25) is 15.0 Å². The van der Waals surface area contributed by atoms with Gasteiger partial charge >= 0.3 is 12.3 Å². The van der Waals surface area contributed by atoms with Crippen molar-refractivity contribution in [3.05, 3.63) is 82.0 Å². The maximum absolute atomic E-state index is 13.9. The van der Waals surface area contributed by atoms with E-state index in [1.807, 2.05) is 19.1 Å². The zero-order valence-electron chi connectivity index (χ0n) is 23.8. The molecule has 4 atom stereocenters. The van der Waals surface area contributed by atoms with Crippen LogP contribution < -0.4 is 19.9 Å². The number of aromatic nitrogens is 1. The number of hydrogen-bond donors (Lipinski definition) is 1. The predicted molar refractivity (Wildman–Crippen MR) is 155 cm³/mol. The summed E-state index contributed by atoms with van der Waals surface area (Å²) in [5.74, 6) is 0.831. The van der Waals surface area contributed by atoms with Crippen LogP contribution in [-0.2, 0) is 16.3 Å². The summed E-state index contributed by atoms with van der Waals surface area (Å²) < 4.78 is 52.9. The topological polar surface area (TPSA) is 110 Å². The van der Waals surface area contributed by atoms with Crippen LogP contribution >= 0.6 is 0 Å². The van der Waals surface area contributed by atoms with Crippen molar-refractivity contribution in [3.8, 4) is 5.75 Å². The summed E-state index contributed by atoms with van der Waals surface area (Å²) in [6, 6.07) is 12.3. The summed E-state index contributed by atoms with van der Waals surface area (Å²) in [7, 11) is 0. The number of carbonyl (C=O) groups is 1. The number of nitrogens with zero attached hydrogens (tertiary/aromatic N) is 4. The molecule has 3 unspecified atom stereocenters. The Morgan fingerprint density at radius 2 is 1.84 bits per heavy atom. The predicted octanol–water partition coefficient (Wildman–Crippen LogP) is 6.16. The van der Waals surface area contributed by atoms with Crippen molar-refractivity contribution < 1.29 is 32.4 Å². The minimum absolute atomic E-state index is 0.0893. The zero-order valence-corrected chi connectivity index (χ0v) is 23.8. The second-order valence-electron chi connectivity index (χ2n) is 12.1. The lowest BCUT2D eigenvalue weighted by Crippen LogP contribution is -2.51. The molecule has 10 nitrogen and oxygen atoms in total. The van der Waals surface area contributed by atoms with Crippen LogP contribution in [0.25, 0.3) is 0 Å². The van der Waals surface area contributed by atoms with Crippen molar-refractivity contribution >= 4 is 29.0 Å². The number of carbonyl (C=O) groups excluding carboxylic acids is 1. The second kappa shape index (κ2) is 10.1. The number of benzene rings is 2. The van der Waals surface area contributed by atoms with E-state index in [0.29, 0.717) is 49.5 Å². The number of anilines is 3. The maximum Gasteiger partial charge on any atom is 0.420 e. The van der Waals surface area contributed by atoms with Crippen molar-refractivity contribution in [2.75, 3.05) is 41.4 Å². The Balaban J connectivity index is 1.19. The molecule has 2 aliphatic carbocycles. The highest BCUT2D eigenvalue weighted by molar-refractivity contribution is 5.94. The first-order valence-corrected chi connectivity index (χ1v) is 14.5. The van der Waals surface area contributed by atoms with E-state index in [2.05, 4.69) is 15.2 Å². The van der Waals surface area contributed by atoms with Gasteiger partial charge in [0.1, 0.15) is 11.6 Å². The Kier molecular flexibility index (Phi) is 6.50. The van der Waals surface area contributed by atoms with E-state index in [4.69, 9.17) is 9.47 Å². The normalized spacial score (nSPS) is 27.2. The van der Waals surface area contributed by atoms with E-state index in [1.165, 1.54) is 35.2 Å². The molecule has 2 aromatic carbocycles. The van der Waals surface area contributed by atoms with Gasteiger partial charge in [-0.1, -0.05) is 6.92 Å². The summed E-state index contributed by atoms with van der Waals surface area (Å²) in [6.45, 7) is 4.89. The average Bonchev–Trinajstić information content (AvgIpc) is 3.87. The monoisotopic (exact) mass is 609 g/mol. The number of rotatable bonds is 5. The van der Waals surface area contributed by atoms with Crippen LogP contribution in [0.4, 0.5) is 40.8 Å². The van der Waals surface area contributed by atoms with Gasteiger partial charge in [0, 0.05) is 36.7 Å². The number of hydrogen-bond acceptors (Lipinski definition) is 8. The lowest BCUT2D eigenvalue weighted by molar-refractivity contribution is -0.384. The summed E-state index contributed by atoms with van der Waals surface area (Å²) >= 11 is 0. The lowest BCUT2D eigenvalue weighted by Gasteiger charge is -2.42. The number of pyridine rings is 1. The summed E-state index contributed by atoms with van der Waals surface area (Å²) in [4.78, 5) is 32.5. The van der Waals surface area contributed by atoms with Gasteiger partial charge < -0.3 is 19.7 Å². The molecule has 0 bridgehead atoms. The first kappa shape index (κ1) is 28.4. The number of halogens is 3. The number of ether oxygens (including phenoxy) is 2. The maximum atomic E-state index is 13.9. The van der Waals surface area contributed by atoms with Crippen LogP contribution in [0.3, 0.4) is 0 Å². The standard InChI is InChI=1S/C31H30F3N5O5/c1-19-15-30(19)18-29(16-26(29)36-27-9-5-22(17-35-27)37-10-12-43-13-11-37)24-14-20(31(32,33)34)2-8-25(24)38(30)28(40)44-23-6-3-21(4-7-23)39(41)42/h2-9,14,17,19,26H,10-13,15-16,18H2,1H3,(H,35,36)/t19-,26?,29?,30?/m1/s1. The second-order valence-corrected chi connectivity index (χ2v) is 12.1. The third kappa shape index (κ3) is 4.79. The highest BCUT2D eigenvalue weighted by Gasteiger charge is 2.71. The minimum Gasteiger partial charge on any atom is -0.410 e. The number of fused-ring (bicyclic) bond motifs is 2. The minimum atomic E-state index is -4.56. The molecule has 2 spiro atoms. The molecule has 1 amide bonds. The van der Waals surface area contributed by atoms with E-state index in [9.17, 15) is 28.1 Å². The van der Waals surface area contributed by atoms with Gasteiger partial charge in [0.25, 0.3) is 5.69 Å². The van der Waals surface area contributed by atoms with Gasteiger partial charge in [-0.05, 0) is 73.2 Å². The fourth-order valence-corrected chi connectivity index (χ4v) is 7.00. The van der Waals surface area contributed by atoms with Gasteiger partial charge in [0.15, 0.2) is 0 Å². The van der Waals surface area contributed by atoms with Crippen LogP contribution in [0, 0.1) is 16.0 Å². The molecule has 1 saturated heterocycles. The van der Waals surface area contributed by atoms with Crippen LogP contribution in [0.1, 0.15) is 37.3 Å². The van der Waals surface area contributed by atoms with Gasteiger partial charge in [0.2, 0.25) is 0 Å². The molecule has 0 radical (unpaired) electrons. The van der Waals surface area contributed by atoms with E-state index >= 15 is 0 Å². The van der Waals surface area contributed by atoms with Gasteiger partial charge in [-0.15, -0.1) is 0 Å². The lowest BCUT2D eigenvalue weighted by atomic mass is 9.79. The zero-order chi connectivity index (χ0) is 30.9. The Labute approximate surface area is 250 Å². The molecule has 7 rings (SSSR count). The van der Waals surface area contributed by atoms with Crippen molar-refractivity contribution in [2.45, 2.75) is 49.4 Å². The van der Waals surface area contributed by atoms with Crippen LogP contribution in [-0.4, -0.2) is 53.9 Å². The van der Waals surface area contributed by atoms with E-state index < -0.39 is 33.7 Å². The molecule has 1 aromatic heterocycles. The molecule has 4 aliphatic rings. The van der Waals surface area contributed by atoms with Crippen molar-refractivity contribution in [2.24, 2.45) is 5.92 Å². The number of non-ortho nitro benzene ring substituents is 1. The highest BCUT2D eigenvalue weighted by Crippen LogP contribution is 2.68. The molecule has 3 aromatic rings. The Morgan fingerprint density at radius 3 is 2.45 bits per heavy atom. The third-order valence-corrected chi connectivity index (χ3v) is 9.54. The molecule has 2 aliphatic heterocycles. The largest absolute Gasteiger partial charge is 0.420 e. The summed E-state index contributed by atoms with van der Waals surface area (Å²) in [6.07, 6.45) is -1.77. The molecule has 2 saturated carbocycles. The van der Waals surface area contributed by atoms with Gasteiger partial charge in [-0.25, -0.2) is 9.78 Å². The Hall–Kier alpha value is -4.39. The SMILES string of the molecule is C[C@@H]1CC12CC1(CC1Nc1ccc(N3CCOCC3)cn1)c1cc(C(F)(F)F)ccc1N2C(=O)Oc1ccc([N+](=O)[O-])cc1. The summed E-state index contributed by atoms with van der Waals surface area (Å²) in [5.41, 5.74) is -0.377. The van der Waals surface area contributed by atoms with Crippen LogP contribution in [0.2, 0.25) is 0 Å². The fourth-order valence-electron chi connectivity index (χ4n) is 7.00. The first-order valence-electron chi connectivity index (χ1n) is 14.5. The smallest absolute Gasteiger partial charge is 0.410 e. The van der Waals surface area contributed by atoms with Crippen LogP contribution in [0.15, 0.2) is 60.8 Å². The van der Waals surface area contributed by atoms with E-state index in [-0.39, 0.29) is 23.4 Å². The highest BCUT2D eigenvalue weighted by atomic mass is 19.4. The number of nitro groups is 1. The number of morpholine rings is 1. The van der Waals surface area contributed by atoms with Crippen LogP contribution in [0.5, 0.6) is 5.75 Å². The molecule has 1 N–H and O–H groups in total. The average molecular weight is 610 g/mol. The van der Waals surface area contributed by atoms with Crippen molar-refractivity contribution in [1.29, 1.82) is 0 Å². The molecular formula is C31H30F3N5O5. The molecule has 3 heterocycles. The van der Waals surface area contributed by atoms with Crippen molar-refractivity contribution in [3.63, 3.8) is 0 Å². The van der Waals surface area contributed by atoms with Gasteiger partial charge in [-0.2, -0.15) is 13.2 Å². The number of alkyl halides is 3. The molecule has 230 valence electrons. The number of nitro benzene ring substituents is 1. The summed E-state index contributed by atoms with van der Waals surface area (Å²) in [5, 5.41) is 14.5. The molecule has 44 heavy (non-hydrogen) atoms. The Bertz CT molecular complexity index is 1610. The van der Waals surface area contributed by atoms with E-state index in [0.717, 1.165) is 30.9 Å². The first-order chi connectivity index (χ1) is 21.0. The van der Waals surface area contributed by atoms with E-state index in [1.54, 1.807) is 6.20 Å². The van der Waals surface area contributed by atoms with Gasteiger partial charge in [0.05, 0.1) is 46.8 Å². The number of amides is 1. The third-order valence-electron chi connectivity index (χ3n) is 9.54. The molecule has 13 heteroatoms. The fraction of sp³-hybridized carbons (Fsp3) is 0.419. The molecule has 3 fully saturated rings. The Morgan fingerprint density at radius 1 is 1.11 bits per heavy atom. The molecular weight excluding hydrogens is 579 g/mol.